The molecule has 4 rings (SSSR count). The molecule has 0 saturated heterocycles. The van der Waals surface area contributed by atoms with Crippen molar-refractivity contribution in [1.29, 1.82) is 0 Å². The van der Waals surface area contributed by atoms with Crippen LogP contribution in [0.15, 0.2) is 103 Å². The van der Waals surface area contributed by atoms with Gasteiger partial charge in [0.2, 0.25) is 5.60 Å². The van der Waals surface area contributed by atoms with E-state index in [0.717, 1.165) is 25.3 Å². The average molecular weight is 569 g/mol. The van der Waals surface area contributed by atoms with Gasteiger partial charge in [0.15, 0.2) is 35.7 Å². The first-order chi connectivity index (χ1) is 20.4. The Balaban J connectivity index is 2.41. The summed E-state index contributed by atoms with van der Waals surface area (Å²) in [4.78, 5) is 52.6. The minimum Gasteiger partial charge on any atom is -0.366 e. The second-order valence-corrected chi connectivity index (χ2v) is 9.68. The van der Waals surface area contributed by atoms with Crippen LogP contribution in [0.2, 0.25) is 0 Å². The zero-order chi connectivity index (χ0) is 30.4. The molecule has 0 saturated carbocycles. The molecule has 1 aliphatic rings. The Morgan fingerprint density at radius 2 is 1.00 bits per heavy atom. The number of methoxy groups -OCH3 is 4. The van der Waals surface area contributed by atoms with Crippen LogP contribution in [0.25, 0.3) is 11.1 Å². The molecule has 8 nitrogen and oxygen atoms in total. The number of benzene rings is 3. The summed E-state index contributed by atoms with van der Waals surface area (Å²) in [6.45, 7) is 0. The van der Waals surface area contributed by atoms with Gasteiger partial charge in [0.1, 0.15) is 6.29 Å². The Bertz CT molecular complexity index is 1460. The lowest BCUT2D eigenvalue weighted by Gasteiger charge is -2.60. The monoisotopic (exact) mass is 568 g/mol. The number of ether oxygens (including phenoxy) is 4. The van der Waals surface area contributed by atoms with E-state index in [0.29, 0.717) is 29.3 Å². The molecule has 3 aromatic rings. The van der Waals surface area contributed by atoms with Crippen LogP contribution in [-0.2, 0) is 38.1 Å². The summed E-state index contributed by atoms with van der Waals surface area (Å²) in [5.41, 5.74) is -6.63. The Morgan fingerprint density at radius 3 is 1.33 bits per heavy atom. The standard InChI is InChI=1S/C34H32O8/c1-39-31(20-28(21-35)32(22-36,40-2)34(24-38,42-4)33(31,23-37)41-3)30(27-18-12-7-13-19-27)29(25-14-8-5-9-15-25)26-16-10-6-11-17-26/h5-24H,1-4H3. The average Bonchev–Trinajstić information content (AvgIpc) is 3.07. The number of carbonyl (C=O) groups excluding carboxylic acids is 4. The summed E-state index contributed by atoms with van der Waals surface area (Å²) in [6, 6.07) is 27.9. The van der Waals surface area contributed by atoms with Gasteiger partial charge >= 0.3 is 0 Å². The maximum Gasteiger partial charge on any atom is 0.202 e. The number of hydrogen-bond donors (Lipinski definition) is 0. The lowest BCUT2D eigenvalue weighted by Crippen LogP contribution is -2.82. The third-order valence-corrected chi connectivity index (χ3v) is 8.16. The zero-order valence-corrected chi connectivity index (χ0v) is 23.8. The van der Waals surface area contributed by atoms with Crippen molar-refractivity contribution in [3.05, 3.63) is 119 Å². The van der Waals surface area contributed by atoms with Crippen LogP contribution in [0, 0.1) is 0 Å². The molecule has 0 fully saturated rings. The molecule has 0 amide bonds. The summed E-state index contributed by atoms with van der Waals surface area (Å²) < 4.78 is 23.8. The van der Waals surface area contributed by atoms with Crippen molar-refractivity contribution in [3.8, 4) is 0 Å². The van der Waals surface area contributed by atoms with Crippen molar-refractivity contribution >= 4 is 36.3 Å². The SMILES string of the molecule is COC1(C=O)C(C=O)=CC(OC)(C(=C(c2ccccc2)c2ccccc2)c2ccccc2)C(C=O)(OC)C1(C=O)OC. The maximum absolute atomic E-state index is 13.6. The van der Waals surface area contributed by atoms with Gasteiger partial charge in [0.05, 0.1) is 0 Å². The minimum absolute atomic E-state index is 0.264. The zero-order valence-electron chi connectivity index (χ0n) is 23.8. The quantitative estimate of drug-likeness (QED) is 0.239. The predicted octanol–water partition coefficient (Wildman–Crippen LogP) is 3.92. The molecule has 0 heterocycles. The molecule has 42 heavy (non-hydrogen) atoms. The molecule has 0 bridgehead atoms. The minimum atomic E-state index is -2.54. The first kappa shape index (κ1) is 30.6. The molecule has 0 radical (unpaired) electrons. The molecule has 0 spiro atoms. The van der Waals surface area contributed by atoms with Crippen molar-refractivity contribution in [2.75, 3.05) is 28.4 Å². The Kier molecular flexibility index (Phi) is 8.94. The second-order valence-electron chi connectivity index (χ2n) is 9.68. The number of carbonyl (C=O) groups is 4. The van der Waals surface area contributed by atoms with Gasteiger partial charge in [0.25, 0.3) is 0 Å². The summed E-state index contributed by atoms with van der Waals surface area (Å²) in [6.07, 6.45) is 2.62. The molecule has 216 valence electrons. The van der Waals surface area contributed by atoms with E-state index in [2.05, 4.69) is 0 Å². The molecule has 4 atom stereocenters. The van der Waals surface area contributed by atoms with Crippen LogP contribution in [0.1, 0.15) is 16.7 Å². The highest BCUT2D eigenvalue weighted by Gasteiger charge is 2.78. The topological polar surface area (TPSA) is 105 Å². The largest absolute Gasteiger partial charge is 0.366 e. The molecule has 0 aliphatic heterocycles. The second kappa shape index (κ2) is 12.3. The van der Waals surface area contributed by atoms with Gasteiger partial charge in [-0.05, 0) is 28.3 Å². The van der Waals surface area contributed by atoms with Crippen molar-refractivity contribution in [2.24, 2.45) is 0 Å². The Hall–Kier alpha value is -4.34. The number of hydrogen-bond acceptors (Lipinski definition) is 8. The fourth-order valence-electron chi connectivity index (χ4n) is 6.23. The highest BCUT2D eigenvalue weighted by atomic mass is 16.6. The van der Waals surface area contributed by atoms with Crippen molar-refractivity contribution in [1.82, 2.24) is 0 Å². The van der Waals surface area contributed by atoms with Gasteiger partial charge in [-0.25, -0.2) is 0 Å². The van der Waals surface area contributed by atoms with E-state index in [1.165, 1.54) is 20.3 Å². The fourth-order valence-corrected chi connectivity index (χ4v) is 6.23. The first-order valence-corrected chi connectivity index (χ1v) is 13.1. The summed E-state index contributed by atoms with van der Waals surface area (Å²) >= 11 is 0. The van der Waals surface area contributed by atoms with Gasteiger partial charge in [-0.1, -0.05) is 91.0 Å². The molecule has 8 heteroatoms. The van der Waals surface area contributed by atoms with Crippen molar-refractivity contribution in [3.63, 3.8) is 0 Å². The van der Waals surface area contributed by atoms with Gasteiger partial charge in [-0.15, -0.1) is 0 Å². The third-order valence-electron chi connectivity index (χ3n) is 8.16. The highest BCUT2D eigenvalue weighted by Crippen LogP contribution is 2.58. The molecule has 3 aromatic carbocycles. The van der Waals surface area contributed by atoms with Crippen LogP contribution in [0.3, 0.4) is 0 Å². The molecule has 4 unspecified atom stereocenters. The summed E-state index contributed by atoms with van der Waals surface area (Å²) in [7, 11) is 4.82. The molecular weight excluding hydrogens is 536 g/mol. The van der Waals surface area contributed by atoms with E-state index in [1.807, 2.05) is 91.0 Å². The Labute approximate surface area is 244 Å². The first-order valence-electron chi connectivity index (χ1n) is 13.1. The number of aldehydes is 4. The van der Waals surface area contributed by atoms with Gasteiger partial charge in [-0.3, -0.25) is 19.2 Å². The van der Waals surface area contributed by atoms with Crippen LogP contribution < -0.4 is 0 Å². The molecule has 0 aromatic heterocycles. The van der Waals surface area contributed by atoms with Crippen LogP contribution in [0.5, 0.6) is 0 Å². The van der Waals surface area contributed by atoms with E-state index in [1.54, 1.807) is 0 Å². The van der Waals surface area contributed by atoms with E-state index in [9.17, 15) is 19.2 Å². The Morgan fingerprint density at radius 1 is 0.548 bits per heavy atom. The molecule has 1 aliphatic carbocycles. The molecule has 0 N–H and O–H groups in total. The van der Waals surface area contributed by atoms with E-state index in [-0.39, 0.29) is 18.1 Å². The molecular formula is C34H32O8. The van der Waals surface area contributed by atoms with Crippen LogP contribution in [-0.4, -0.2) is 76.0 Å². The normalized spacial score (nSPS) is 26.9. The van der Waals surface area contributed by atoms with Crippen LogP contribution >= 0.6 is 0 Å². The predicted molar refractivity (Wildman–Crippen MR) is 157 cm³/mol. The maximum atomic E-state index is 13.6. The van der Waals surface area contributed by atoms with E-state index >= 15 is 0 Å². The lowest BCUT2D eigenvalue weighted by molar-refractivity contribution is -0.263. The van der Waals surface area contributed by atoms with E-state index in [4.69, 9.17) is 18.9 Å². The lowest BCUT2D eigenvalue weighted by atomic mass is 9.54. The fraction of sp³-hybridized carbons (Fsp3) is 0.235. The van der Waals surface area contributed by atoms with Gasteiger partial charge in [-0.2, -0.15) is 0 Å². The van der Waals surface area contributed by atoms with Crippen molar-refractivity contribution < 1.29 is 38.1 Å². The van der Waals surface area contributed by atoms with Gasteiger partial charge < -0.3 is 18.9 Å². The number of rotatable bonds is 12. The third kappa shape index (κ3) is 4.06. The summed E-state index contributed by atoms with van der Waals surface area (Å²) in [5.74, 6) is 0. The van der Waals surface area contributed by atoms with E-state index < -0.39 is 22.4 Å². The van der Waals surface area contributed by atoms with Crippen molar-refractivity contribution in [2.45, 2.75) is 22.4 Å². The smallest absolute Gasteiger partial charge is 0.202 e. The van der Waals surface area contributed by atoms with Gasteiger partial charge in [0, 0.05) is 39.6 Å². The van der Waals surface area contributed by atoms with Crippen LogP contribution in [0.4, 0.5) is 0 Å². The summed E-state index contributed by atoms with van der Waals surface area (Å²) in [5, 5.41) is 0. The highest BCUT2D eigenvalue weighted by molar-refractivity contribution is 6.08.